The minimum absolute atomic E-state index is 0.0137. The first-order chi connectivity index (χ1) is 8.04. The van der Waals surface area contributed by atoms with Crippen LogP contribution in [0.15, 0.2) is 6.20 Å². The molecule has 8 heteroatoms. The third kappa shape index (κ3) is 3.99. The number of hydrogen-bond acceptors (Lipinski definition) is 7. The average Bonchev–Trinajstić information content (AvgIpc) is 2.78. The first kappa shape index (κ1) is 13.4. The number of hydrogen-bond donors (Lipinski definition) is 0. The number of anilines is 1. The van der Waals surface area contributed by atoms with E-state index in [0.717, 1.165) is 11.3 Å². The van der Waals surface area contributed by atoms with Gasteiger partial charge in [0.2, 0.25) is 0 Å². The maximum absolute atomic E-state index is 10.9. The van der Waals surface area contributed by atoms with Crippen LogP contribution in [0.4, 0.5) is 10.1 Å². The Kier molecular flexibility index (Phi) is 4.83. The summed E-state index contributed by atoms with van der Waals surface area (Å²) in [4.78, 5) is 26.6. The summed E-state index contributed by atoms with van der Waals surface area (Å²) in [6.07, 6.45) is 2.18. The number of carbonyl (C=O) groups is 1. The molecule has 0 aliphatic heterocycles. The number of carbonyl (C=O) groups excluding carboxylic acids is 1. The largest absolute Gasteiger partial charge is 0.469 e. The second-order valence-electron chi connectivity index (χ2n) is 3.34. The molecule has 0 aliphatic rings. The van der Waals surface area contributed by atoms with E-state index in [1.165, 1.54) is 13.3 Å². The predicted molar refractivity (Wildman–Crippen MR) is 63.3 cm³/mol. The van der Waals surface area contributed by atoms with Gasteiger partial charge in [0.15, 0.2) is 5.13 Å². The maximum atomic E-state index is 10.9. The fraction of sp³-hybridized carbons (Fsp3) is 0.556. The molecule has 0 aliphatic carbocycles. The summed E-state index contributed by atoms with van der Waals surface area (Å²) in [6, 6.07) is 0. The molecule has 1 aromatic rings. The highest BCUT2D eigenvalue weighted by Gasteiger charge is 2.14. The van der Waals surface area contributed by atoms with Gasteiger partial charge in [0.05, 0.1) is 12.0 Å². The molecule has 1 aromatic heterocycles. The van der Waals surface area contributed by atoms with Gasteiger partial charge in [-0.1, -0.05) is 0 Å². The van der Waals surface area contributed by atoms with Crippen molar-refractivity contribution in [3.8, 4) is 0 Å². The van der Waals surface area contributed by atoms with Gasteiger partial charge in [-0.25, -0.2) is 4.98 Å². The van der Waals surface area contributed by atoms with Crippen molar-refractivity contribution in [2.75, 3.05) is 25.6 Å². The van der Waals surface area contributed by atoms with Crippen LogP contribution in [0.2, 0.25) is 0 Å². The van der Waals surface area contributed by atoms with Gasteiger partial charge in [0, 0.05) is 20.0 Å². The van der Waals surface area contributed by atoms with Crippen LogP contribution in [0, 0.1) is 10.1 Å². The van der Waals surface area contributed by atoms with E-state index < -0.39 is 4.92 Å². The fourth-order valence-corrected chi connectivity index (χ4v) is 1.90. The van der Waals surface area contributed by atoms with Gasteiger partial charge >= 0.3 is 11.0 Å². The van der Waals surface area contributed by atoms with Crippen molar-refractivity contribution >= 4 is 27.4 Å². The lowest BCUT2D eigenvalue weighted by Crippen LogP contribution is -2.19. The monoisotopic (exact) mass is 259 g/mol. The van der Waals surface area contributed by atoms with Gasteiger partial charge in [0.25, 0.3) is 0 Å². The molecule has 0 fully saturated rings. The third-order valence-corrected chi connectivity index (χ3v) is 3.15. The minimum atomic E-state index is -0.469. The van der Waals surface area contributed by atoms with E-state index in [2.05, 4.69) is 9.72 Å². The van der Waals surface area contributed by atoms with Crippen LogP contribution < -0.4 is 4.90 Å². The SMILES string of the molecule is COC(=O)CCCN(C)c1ncc([N+](=O)[O-])s1. The van der Waals surface area contributed by atoms with Crippen molar-refractivity contribution in [3.05, 3.63) is 16.3 Å². The van der Waals surface area contributed by atoms with Crippen LogP contribution in [0.5, 0.6) is 0 Å². The molecule has 7 nitrogen and oxygen atoms in total. The maximum Gasteiger partial charge on any atom is 0.345 e. The molecule has 0 atom stereocenters. The zero-order chi connectivity index (χ0) is 12.8. The number of aromatic nitrogens is 1. The zero-order valence-corrected chi connectivity index (χ0v) is 10.4. The Hall–Kier alpha value is -1.70. The van der Waals surface area contributed by atoms with E-state index in [1.807, 2.05) is 0 Å². The number of thiazole rings is 1. The molecule has 1 heterocycles. The van der Waals surface area contributed by atoms with E-state index >= 15 is 0 Å². The number of rotatable bonds is 6. The van der Waals surface area contributed by atoms with E-state index in [-0.39, 0.29) is 11.0 Å². The molecule has 0 saturated carbocycles. The van der Waals surface area contributed by atoms with Crippen LogP contribution in [0.3, 0.4) is 0 Å². The number of nitro groups is 1. The summed E-state index contributed by atoms with van der Waals surface area (Å²) >= 11 is 1.01. The Morgan fingerprint density at radius 3 is 2.94 bits per heavy atom. The molecule has 0 unspecified atom stereocenters. The van der Waals surface area contributed by atoms with Crippen LogP contribution in [0.1, 0.15) is 12.8 Å². The normalized spacial score (nSPS) is 10.0. The topological polar surface area (TPSA) is 85.6 Å². The highest BCUT2D eigenvalue weighted by Crippen LogP contribution is 2.27. The lowest BCUT2D eigenvalue weighted by atomic mass is 10.3. The van der Waals surface area contributed by atoms with Crippen molar-refractivity contribution in [3.63, 3.8) is 0 Å². The molecule has 0 N–H and O–H groups in total. The lowest BCUT2D eigenvalue weighted by molar-refractivity contribution is -0.380. The molecule has 0 radical (unpaired) electrons. The minimum Gasteiger partial charge on any atom is -0.469 e. The van der Waals surface area contributed by atoms with E-state index in [1.54, 1.807) is 11.9 Å². The number of esters is 1. The van der Waals surface area contributed by atoms with Gasteiger partial charge in [0.1, 0.15) is 6.20 Å². The second kappa shape index (κ2) is 6.14. The van der Waals surface area contributed by atoms with Crippen molar-refractivity contribution in [2.45, 2.75) is 12.8 Å². The van der Waals surface area contributed by atoms with Crippen molar-refractivity contribution in [2.24, 2.45) is 0 Å². The first-order valence-electron chi connectivity index (χ1n) is 4.92. The fourth-order valence-electron chi connectivity index (χ4n) is 1.18. The molecule has 0 spiro atoms. The lowest BCUT2D eigenvalue weighted by Gasteiger charge is -2.14. The standard InChI is InChI=1S/C9H13N3O4S/c1-11(5-3-4-8(13)16-2)9-10-6-7(17-9)12(14)15/h6H,3-5H2,1-2H3. The van der Waals surface area contributed by atoms with Gasteiger partial charge in [-0.05, 0) is 17.8 Å². The molecule has 0 saturated heterocycles. The molecular formula is C9H13N3O4S. The number of ether oxygens (including phenoxy) is 1. The molecule has 94 valence electrons. The average molecular weight is 259 g/mol. The van der Waals surface area contributed by atoms with Gasteiger partial charge < -0.3 is 9.64 Å². The zero-order valence-electron chi connectivity index (χ0n) is 9.58. The van der Waals surface area contributed by atoms with Crippen molar-refractivity contribution < 1.29 is 14.5 Å². The summed E-state index contributed by atoms with van der Waals surface area (Å²) in [5.41, 5.74) is 0. The second-order valence-corrected chi connectivity index (χ2v) is 4.33. The van der Waals surface area contributed by atoms with Crippen LogP contribution in [0.25, 0.3) is 0 Å². The van der Waals surface area contributed by atoms with Crippen molar-refractivity contribution in [1.82, 2.24) is 4.98 Å². The Bertz CT molecular complexity index is 407. The predicted octanol–water partition coefficient (Wildman–Crippen LogP) is 1.44. The Morgan fingerprint density at radius 2 is 2.41 bits per heavy atom. The molecule has 0 aromatic carbocycles. The van der Waals surface area contributed by atoms with Gasteiger partial charge in [-0.15, -0.1) is 0 Å². The summed E-state index contributed by atoms with van der Waals surface area (Å²) < 4.78 is 4.51. The van der Waals surface area contributed by atoms with E-state index in [9.17, 15) is 14.9 Å². The summed E-state index contributed by atoms with van der Waals surface area (Å²) in [5.74, 6) is -0.261. The molecule has 1 rings (SSSR count). The Balaban J connectivity index is 2.43. The van der Waals surface area contributed by atoms with E-state index in [0.29, 0.717) is 24.5 Å². The first-order valence-corrected chi connectivity index (χ1v) is 5.74. The smallest absolute Gasteiger partial charge is 0.345 e. The van der Waals surface area contributed by atoms with Gasteiger partial charge in [-0.2, -0.15) is 0 Å². The molecule has 0 amide bonds. The quantitative estimate of drug-likeness (QED) is 0.436. The van der Waals surface area contributed by atoms with Crippen LogP contribution in [-0.4, -0.2) is 36.6 Å². The summed E-state index contributed by atoms with van der Waals surface area (Å²) in [7, 11) is 3.12. The van der Waals surface area contributed by atoms with Crippen LogP contribution in [-0.2, 0) is 9.53 Å². The Labute approximate surface area is 102 Å². The highest BCUT2D eigenvalue weighted by molar-refractivity contribution is 7.18. The number of methoxy groups -OCH3 is 1. The third-order valence-electron chi connectivity index (χ3n) is 2.09. The molecular weight excluding hydrogens is 246 g/mol. The van der Waals surface area contributed by atoms with Gasteiger partial charge in [-0.3, -0.25) is 14.9 Å². The van der Waals surface area contributed by atoms with Crippen molar-refractivity contribution in [1.29, 1.82) is 0 Å². The molecule has 0 bridgehead atoms. The number of nitrogens with zero attached hydrogens (tertiary/aromatic N) is 3. The summed E-state index contributed by atoms with van der Waals surface area (Å²) in [5, 5.41) is 11.1. The Morgan fingerprint density at radius 1 is 1.71 bits per heavy atom. The van der Waals surface area contributed by atoms with E-state index in [4.69, 9.17) is 0 Å². The van der Waals surface area contributed by atoms with Crippen LogP contribution >= 0.6 is 11.3 Å². The highest BCUT2D eigenvalue weighted by atomic mass is 32.1. The molecule has 17 heavy (non-hydrogen) atoms. The summed E-state index contributed by atoms with van der Waals surface area (Å²) in [6.45, 7) is 0.597.